The van der Waals surface area contributed by atoms with Crippen molar-refractivity contribution in [3.05, 3.63) is 235 Å². The van der Waals surface area contributed by atoms with E-state index in [9.17, 15) is 0 Å². The molecule has 0 fully saturated rings. The van der Waals surface area contributed by atoms with Gasteiger partial charge in [-0.15, -0.1) is 0 Å². The number of anilines is 6. The molecule has 2 aliphatic heterocycles. The molecular formula is C64H59BN2Si. The first-order chi connectivity index (χ1) is 32.8. The lowest BCUT2D eigenvalue weighted by atomic mass is 9.33. The van der Waals surface area contributed by atoms with E-state index in [2.05, 4.69) is 278 Å². The van der Waals surface area contributed by atoms with Crippen molar-refractivity contribution < 1.29 is 0 Å². The molecule has 2 nitrogen and oxygen atoms in total. The molecule has 2 aliphatic rings. The molecule has 68 heavy (non-hydrogen) atoms. The highest BCUT2D eigenvalue weighted by Gasteiger charge is 2.47. The number of nitrogens with zero attached hydrogens (tertiary/aromatic N) is 2. The van der Waals surface area contributed by atoms with E-state index >= 15 is 0 Å². The molecule has 2 heterocycles. The molecule has 0 radical (unpaired) electrons. The molecule has 0 aromatic heterocycles. The fraction of sp³-hybridized carbons (Fsp3) is 0.156. The van der Waals surface area contributed by atoms with Gasteiger partial charge in [0.15, 0.2) is 8.07 Å². The summed E-state index contributed by atoms with van der Waals surface area (Å²) in [6.45, 7) is 18.4. The van der Waals surface area contributed by atoms with Gasteiger partial charge in [-0.1, -0.05) is 217 Å². The fourth-order valence-corrected chi connectivity index (χ4v) is 16.0. The molecule has 0 unspecified atom stereocenters. The van der Waals surface area contributed by atoms with Gasteiger partial charge in [-0.25, -0.2) is 0 Å². The van der Waals surface area contributed by atoms with Crippen molar-refractivity contribution in [2.45, 2.75) is 66.2 Å². The molecule has 0 N–H and O–H groups in total. The van der Waals surface area contributed by atoms with Gasteiger partial charge in [0.1, 0.15) is 0 Å². The second-order valence-electron chi connectivity index (χ2n) is 21.1. The summed E-state index contributed by atoms with van der Waals surface area (Å²) in [5, 5.41) is 5.50. The highest BCUT2D eigenvalue weighted by atomic mass is 28.3. The highest BCUT2D eigenvalue weighted by molar-refractivity contribution is 7.20. The Labute approximate surface area is 405 Å². The van der Waals surface area contributed by atoms with E-state index in [1.807, 2.05) is 0 Å². The van der Waals surface area contributed by atoms with E-state index in [1.54, 1.807) is 0 Å². The van der Waals surface area contributed by atoms with Crippen LogP contribution in [0.15, 0.2) is 212 Å². The van der Waals surface area contributed by atoms with Crippen molar-refractivity contribution in [3.63, 3.8) is 0 Å². The maximum Gasteiger partial charge on any atom is 0.252 e. The van der Waals surface area contributed by atoms with Crippen molar-refractivity contribution >= 4 is 86.0 Å². The summed E-state index contributed by atoms with van der Waals surface area (Å²) >= 11 is 0. The first-order valence-electron chi connectivity index (χ1n) is 24.3. The molecule has 0 amide bonds. The van der Waals surface area contributed by atoms with Crippen LogP contribution in [0.25, 0.3) is 11.1 Å². The smallest absolute Gasteiger partial charge is 0.252 e. The minimum absolute atomic E-state index is 0.0399. The van der Waals surface area contributed by atoms with Crippen LogP contribution < -0.4 is 46.9 Å². The molecule has 4 heteroatoms. The van der Waals surface area contributed by atoms with E-state index < -0.39 is 8.07 Å². The molecule has 332 valence electrons. The van der Waals surface area contributed by atoms with Crippen LogP contribution in [0.5, 0.6) is 0 Å². The van der Waals surface area contributed by atoms with Gasteiger partial charge in [-0.2, -0.15) is 0 Å². The van der Waals surface area contributed by atoms with Crippen molar-refractivity contribution in [1.82, 2.24) is 0 Å². The van der Waals surface area contributed by atoms with Gasteiger partial charge in [0, 0.05) is 34.0 Å². The molecule has 0 spiro atoms. The van der Waals surface area contributed by atoms with Crippen molar-refractivity contribution in [1.29, 1.82) is 0 Å². The van der Waals surface area contributed by atoms with Crippen LogP contribution in [0, 0.1) is 13.8 Å². The summed E-state index contributed by atoms with van der Waals surface area (Å²) in [6.07, 6.45) is 0. The molecule has 11 rings (SSSR count). The number of rotatable bonds is 7. The third kappa shape index (κ3) is 7.16. The fourth-order valence-electron chi connectivity index (χ4n) is 11.2. The predicted octanol–water partition coefficient (Wildman–Crippen LogP) is 12.0. The van der Waals surface area contributed by atoms with E-state index in [-0.39, 0.29) is 17.5 Å². The molecule has 0 bridgehead atoms. The largest absolute Gasteiger partial charge is 0.311 e. The number of para-hydroxylation sites is 1. The maximum absolute atomic E-state index is 2.93. The van der Waals surface area contributed by atoms with Gasteiger partial charge in [0.05, 0.1) is 5.69 Å². The van der Waals surface area contributed by atoms with Crippen molar-refractivity contribution in [2.24, 2.45) is 0 Å². The molecule has 0 saturated carbocycles. The topological polar surface area (TPSA) is 6.48 Å². The van der Waals surface area contributed by atoms with Gasteiger partial charge in [0.2, 0.25) is 0 Å². The van der Waals surface area contributed by atoms with E-state index in [0.717, 1.165) is 0 Å². The van der Waals surface area contributed by atoms with Crippen LogP contribution >= 0.6 is 0 Å². The maximum atomic E-state index is 2.65. The zero-order valence-electron chi connectivity index (χ0n) is 40.7. The SMILES string of the molecule is Cc1ccc([Si](c2ccccc2)(c2ccccc2)c2ccc3c(c2)B2c4cc(C(C)(C)C)ccc4N(c4ccc(C(C)(C)C)cc4)c4cc(C)cc(c42)N3c2ccccc2-c2ccccc2)cc1. The Morgan fingerprint density at radius 1 is 0.368 bits per heavy atom. The summed E-state index contributed by atoms with van der Waals surface area (Å²) < 4.78 is 0. The monoisotopic (exact) mass is 894 g/mol. The number of fused-ring (bicyclic) bond motifs is 4. The lowest BCUT2D eigenvalue weighted by molar-refractivity contribution is 0.590. The van der Waals surface area contributed by atoms with Gasteiger partial charge < -0.3 is 9.80 Å². The Kier molecular flexibility index (Phi) is 10.6. The number of hydrogen-bond donors (Lipinski definition) is 0. The average molecular weight is 895 g/mol. The van der Waals surface area contributed by atoms with E-state index in [0.29, 0.717) is 0 Å². The lowest BCUT2D eigenvalue weighted by Gasteiger charge is -2.45. The predicted molar refractivity (Wildman–Crippen MR) is 296 cm³/mol. The summed E-state index contributed by atoms with van der Waals surface area (Å²) in [5.74, 6) is 0. The minimum Gasteiger partial charge on any atom is -0.311 e. The van der Waals surface area contributed by atoms with Gasteiger partial charge >= 0.3 is 0 Å². The minimum atomic E-state index is -2.93. The summed E-state index contributed by atoms with van der Waals surface area (Å²) in [7, 11) is -2.93. The molecule has 9 aromatic carbocycles. The van der Waals surface area contributed by atoms with Gasteiger partial charge in [-0.05, 0) is 127 Å². The Bertz CT molecular complexity index is 3270. The Morgan fingerprint density at radius 2 is 0.853 bits per heavy atom. The van der Waals surface area contributed by atoms with Crippen LogP contribution in [0.2, 0.25) is 0 Å². The normalized spacial score (nSPS) is 13.2. The molecule has 0 aliphatic carbocycles. The Morgan fingerprint density at radius 3 is 1.47 bits per heavy atom. The van der Waals surface area contributed by atoms with E-state index in [1.165, 1.54) is 105 Å². The van der Waals surface area contributed by atoms with Crippen molar-refractivity contribution in [2.75, 3.05) is 9.80 Å². The number of hydrogen-bond acceptors (Lipinski definition) is 2. The summed E-state index contributed by atoms with van der Waals surface area (Å²) in [6, 6.07) is 81.3. The standard InChI is InChI=1S/C64H59BN2Si/c1-44-28-35-52(36-29-44)68(50-22-14-10-15-23-50,51-24-16-11-17-25-51)53-37-39-59-56(43-53)65-55-42-48(64(6,7)8)32-38-58(55)66(49-33-30-47(31-34-49)63(3,4)5)60-40-45(2)41-61(62(60)65)67(59)57-27-19-18-26-54(57)46-20-12-9-13-21-46/h9-43H,1-8H3. The van der Waals surface area contributed by atoms with Crippen LogP contribution in [-0.4, -0.2) is 14.8 Å². The summed E-state index contributed by atoms with van der Waals surface area (Å²) in [4.78, 5) is 5.16. The van der Waals surface area contributed by atoms with Crippen molar-refractivity contribution in [3.8, 4) is 11.1 Å². The summed E-state index contributed by atoms with van der Waals surface area (Å²) in [5.41, 5.74) is 18.8. The zero-order chi connectivity index (χ0) is 47.0. The van der Waals surface area contributed by atoms with Crippen LogP contribution in [0.1, 0.15) is 63.8 Å². The molecule has 0 atom stereocenters. The zero-order valence-corrected chi connectivity index (χ0v) is 41.7. The molecular weight excluding hydrogens is 836 g/mol. The van der Waals surface area contributed by atoms with Crippen LogP contribution in [0.4, 0.5) is 34.1 Å². The van der Waals surface area contributed by atoms with Gasteiger partial charge in [0.25, 0.3) is 6.71 Å². The number of aryl methyl sites for hydroxylation is 2. The van der Waals surface area contributed by atoms with Crippen LogP contribution in [0.3, 0.4) is 0 Å². The third-order valence-corrected chi connectivity index (χ3v) is 19.4. The van der Waals surface area contributed by atoms with Crippen LogP contribution in [-0.2, 0) is 10.8 Å². The molecule has 0 saturated heterocycles. The highest BCUT2D eigenvalue weighted by Crippen LogP contribution is 2.47. The van der Waals surface area contributed by atoms with Gasteiger partial charge in [-0.3, -0.25) is 0 Å². The first kappa shape index (κ1) is 43.4. The first-order valence-corrected chi connectivity index (χ1v) is 26.3. The third-order valence-electron chi connectivity index (χ3n) is 14.6. The second kappa shape index (κ2) is 16.6. The average Bonchev–Trinajstić information content (AvgIpc) is 3.35. The Balaban J connectivity index is 1.27. The lowest BCUT2D eigenvalue weighted by Crippen LogP contribution is -2.75. The number of benzene rings is 9. The quantitative estimate of drug-likeness (QED) is 0.116. The molecule has 9 aromatic rings. The Hall–Kier alpha value is -7.14. The second-order valence-corrected chi connectivity index (χ2v) is 25.0. The van der Waals surface area contributed by atoms with E-state index in [4.69, 9.17) is 0 Å².